The highest BCUT2D eigenvalue weighted by Gasteiger charge is 2.17. The van der Waals surface area contributed by atoms with E-state index in [2.05, 4.69) is 44.7 Å². The lowest BCUT2D eigenvalue weighted by molar-refractivity contribution is 0.0949. The predicted octanol–water partition coefficient (Wildman–Crippen LogP) is 2.71. The lowest BCUT2D eigenvalue weighted by atomic mass is 9.98. The minimum Gasteiger partial charge on any atom is -0.299 e. The number of pyridine rings is 1. The number of likely N-dealkylation sites (tertiary alicyclic amines) is 1. The quantitative estimate of drug-likeness (QED) is 0.680. The number of hydrogen-bond acceptors (Lipinski definition) is 4. The van der Waals surface area contributed by atoms with Crippen LogP contribution >= 0.6 is 0 Å². The molecule has 1 aliphatic rings. The van der Waals surface area contributed by atoms with Crippen molar-refractivity contribution in [2.45, 2.75) is 19.4 Å². The van der Waals surface area contributed by atoms with Gasteiger partial charge < -0.3 is 0 Å². The molecule has 0 saturated carbocycles. The molecule has 1 N–H and O–H groups in total. The number of benzene rings is 1. The van der Waals surface area contributed by atoms with Crippen LogP contribution in [0.5, 0.6) is 0 Å². The Morgan fingerprint density at radius 3 is 2.62 bits per heavy atom. The second kappa shape index (κ2) is 8.36. The fraction of sp³-hybridized carbons (Fsp3) is 0.316. The van der Waals surface area contributed by atoms with E-state index in [1.165, 1.54) is 5.56 Å². The Kier molecular flexibility index (Phi) is 5.69. The fourth-order valence-electron chi connectivity index (χ4n) is 2.86. The molecule has 0 unspecified atom stereocenters. The molecule has 1 amide bonds. The van der Waals surface area contributed by atoms with Gasteiger partial charge in [-0.2, -0.15) is 5.10 Å². The lowest BCUT2D eigenvalue weighted by Crippen LogP contribution is -2.34. The summed E-state index contributed by atoms with van der Waals surface area (Å²) in [6.07, 6.45) is 5.59. The van der Waals surface area contributed by atoms with Crippen molar-refractivity contribution >= 4 is 12.1 Å². The molecule has 124 valence electrons. The summed E-state index contributed by atoms with van der Waals surface area (Å²) in [5.41, 5.74) is 4.29. The van der Waals surface area contributed by atoms with Crippen LogP contribution in [0.3, 0.4) is 0 Å². The highest BCUT2D eigenvalue weighted by molar-refractivity contribution is 5.92. The smallest absolute Gasteiger partial charge is 0.289 e. The van der Waals surface area contributed by atoms with Gasteiger partial charge in [-0.1, -0.05) is 36.4 Å². The Morgan fingerprint density at radius 1 is 1.17 bits per heavy atom. The minimum atomic E-state index is -0.270. The zero-order chi connectivity index (χ0) is 16.6. The molecule has 24 heavy (non-hydrogen) atoms. The highest BCUT2D eigenvalue weighted by atomic mass is 16.2. The molecule has 5 heteroatoms. The number of rotatable bonds is 5. The van der Waals surface area contributed by atoms with Gasteiger partial charge in [0.1, 0.15) is 5.69 Å². The van der Waals surface area contributed by atoms with Crippen LogP contribution in [-0.4, -0.2) is 35.1 Å². The molecule has 1 aromatic carbocycles. The molecule has 2 aromatic rings. The van der Waals surface area contributed by atoms with E-state index in [4.69, 9.17) is 0 Å². The average Bonchev–Trinajstić information content (AvgIpc) is 2.65. The molecule has 0 atom stereocenters. The third-order valence-corrected chi connectivity index (χ3v) is 4.23. The van der Waals surface area contributed by atoms with Crippen molar-refractivity contribution in [3.8, 4) is 0 Å². The zero-order valence-corrected chi connectivity index (χ0v) is 13.6. The van der Waals surface area contributed by atoms with Gasteiger partial charge in [-0.15, -0.1) is 0 Å². The second-order valence-corrected chi connectivity index (χ2v) is 6.03. The number of aromatic nitrogens is 1. The van der Waals surface area contributed by atoms with Crippen molar-refractivity contribution in [3.63, 3.8) is 0 Å². The van der Waals surface area contributed by atoms with E-state index in [1.54, 1.807) is 24.4 Å². The van der Waals surface area contributed by atoms with Crippen LogP contribution in [0, 0.1) is 5.92 Å². The maximum atomic E-state index is 11.8. The Labute approximate surface area is 142 Å². The number of nitrogens with zero attached hydrogens (tertiary/aromatic N) is 3. The molecule has 0 spiro atoms. The molecule has 1 aromatic heterocycles. The number of piperidine rings is 1. The maximum Gasteiger partial charge on any atom is 0.289 e. The minimum absolute atomic E-state index is 0.270. The third-order valence-electron chi connectivity index (χ3n) is 4.23. The normalized spacial score (nSPS) is 16.3. The van der Waals surface area contributed by atoms with E-state index in [1.807, 2.05) is 12.3 Å². The molecule has 0 radical (unpaired) electrons. The summed E-state index contributed by atoms with van der Waals surface area (Å²) in [5.74, 6) is 0.148. The van der Waals surface area contributed by atoms with E-state index in [0.717, 1.165) is 32.5 Å². The molecular weight excluding hydrogens is 300 g/mol. The number of hydrazone groups is 1. The monoisotopic (exact) mass is 322 g/mol. The van der Waals surface area contributed by atoms with Gasteiger partial charge >= 0.3 is 0 Å². The van der Waals surface area contributed by atoms with Gasteiger partial charge in [0.2, 0.25) is 0 Å². The molecule has 5 nitrogen and oxygen atoms in total. The van der Waals surface area contributed by atoms with Gasteiger partial charge in [0.25, 0.3) is 5.91 Å². The molecule has 1 aliphatic heterocycles. The number of nitrogens with one attached hydrogen (secondary N) is 1. The topological polar surface area (TPSA) is 57.6 Å². The second-order valence-electron chi connectivity index (χ2n) is 6.03. The van der Waals surface area contributed by atoms with Gasteiger partial charge in [-0.25, -0.2) is 5.43 Å². The Hall–Kier alpha value is -2.53. The van der Waals surface area contributed by atoms with Crippen molar-refractivity contribution in [2.75, 3.05) is 13.1 Å². The zero-order valence-electron chi connectivity index (χ0n) is 13.6. The predicted molar refractivity (Wildman–Crippen MR) is 94.6 cm³/mol. The largest absolute Gasteiger partial charge is 0.299 e. The summed E-state index contributed by atoms with van der Waals surface area (Å²) >= 11 is 0. The highest BCUT2D eigenvalue weighted by Crippen LogP contribution is 2.17. The van der Waals surface area contributed by atoms with Crippen LogP contribution in [0.2, 0.25) is 0 Å². The first-order valence-electron chi connectivity index (χ1n) is 8.32. The van der Waals surface area contributed by atoms with Gasteiger partial charge in [0.05, 0.1) is 0 Å². The summed E-state index contributed by atoms with van der Waals surface area (Å²) in [6, 6.07) is 15.8. The first-order chi connectivity index (χ1) is 11.8. The average molecular weight is 322 g/mol. The van der Waals surface area contributed by atoms with Crippen LogP contribution in [0.1, 0.15) is 28.9 Å². The van der Waals surface area contributed by atoms with Gasteiger partial charge in [0.15, 0.2) is 0 Å². The van der Waals surface area contributed by atoms with Crippen molar-refractivity contribution in [2.24, 2.45) is 11.0 Å². The number of carbonyl (C=O) groups excluding carboxylic acids is 1. The Bertz CT molecular complexity index is 664. The standard InChI is InChI=1S/C19H22N4O/c24-19(18-8-4-5-11-20-18)22-21-14-16-9-12-23(13-10-16)15-17-6-2-1-3-7-17/h1-8,11,14,16H,9-10,12-13,15H2,(H,22,24)/b21-14+. The van der Waals surface area contributed by atoms with Crippen molar-refractivity contribution < 1.29 is 4.79 Å². The summed E-state index contributed by atoms with van der Waals surface area (Å²) in [6.45, 7) is 3.11. The maximum absolute atomic E-state index is 11.8. The lowest BCUT2D eigenvalue weighted by Gasteiger charge is -2.30. The third kappa shape index (κ3) is 4.73. The van der Waals surface area contributed by atoms with E-state index >= 15 is 0 Å². The van der Waals surface area contributed by atoms with E-state index in [-0.39, 0.29) is 5.91 Å². The summed E-state index contributed by atoms with van der Waals surface area (Å²) in [5, 5.41) is 4.10. The van der Waals surface area contributed by atoms with Crippen molar-refractivity contribution in [1.82, 2.24) is 15.3 Å². The van der Waals surface area contributed by atoms with Crippen LogP contribution < -0.4 is 5.43 Å². The van der Waals surface area contributed by atoms with Crippen LogP contribution in [0.25, 0.3) is 0 Å². The fourth-order valence-corrected chi connectivity index (χ4v) is 2.86. The molecule has 2 heterocycles. The Balaban J connectivity index is 1.41. The Morgan fingerprint density at radius 2 is 1.92 bits per heavy atom. The summed E-state index contributed by atoms with van der Waals surface area (Å²) in [4.78, 5) is 18.3. The van der Waals surface area contributed by atoms with Crippen molar-refractivity contribution in [1.29, 1.82) is 0 Å². The van der Waals surface area contributed by atoms with Gasteiger partial charge in [-0.3, -0.25) is 14.7 Å². The molecule has 3 rings (SSSR count). The van der Waals surface area contributed by atoms with Gasteiger partial charge in [0, 0.05) is 19.0 Å². The summed E-state index contributed by atoms with van der Waals surface area (Å²) in [7, 11) is 0. The van der Waals surface area contributed by atoms with Gasteiger partial charge in [-0.05, 0) is 49.5 Å². The number of hydrogen-bond donors (Lipinski definition) is 1. The molecule has 1 saturated heterocycles. The number of amides is 1. The van der Waals surface area contributed by atoms with E-state index < -0.39 is 0 Å². The van der Waals surface area contributed by atoms with E-state index in [0.29, 0.717) is 11.6 Å². The van der Waals surface area contributed by atoms with Crippen LogP contribution in [0.15, 0.2) is 59.8 Å². The first-order valence-corrected chi connectivity index (χ1v) is 8.32. The molecule has 1 fully saturated rings. The van der Waals surface area contributed by atoms with Crippen LogP contribution in [-0.2, 0) is 6.54 Å². The summed E-state index contributed by atoms with van der Waals surface area (Å²) < 4.78 is 0. The number of carbonyl (C=O) groups is 1. The first kappa shape index (κ1) is 16.3. The molecule has 0 aliphatic carbocycles. The molecular formula is C19H22N4O. The molecule has 0 bridgehead atoms. The SMILES string of the molecule is O=C(N/N=C/C1CCN(Cc2ccccc2)CC1)c1ccccn1. The van der Waals surface area contributed by atoms with Crippen molar-refractivity contribution in [3.05, 3.63) is 66.0 Å². The van der Waals surface area contributed by atoms with Crippen LogP contribution in [0.4, 0.5) is 0 Å². The van der Waals surface area contributed by atoms with E-state index in [9.17, 15) is 4.79 Å².